The number of likely N-dealkylation sites (tertiary alicyclic amines) is 1. The van der Waals surface area contributed by atoms with Crippen molar-refractivity contribution in [1.29, 1.82) is 0 Å². The lowest BCUT2D eigenvalue weighted by Crippen LogP contribution is -2.54. The van der Waals surface area contributed by atoms with Crippen LogP contribution in [-0.2, 0) is 4.74 Å². The van der Waals surface area contributed by atoms with E-state index in [-0.39, 0.29) is 57.3 Å². The van der Waals surface area contributed by atoms with Gasteiger partial charge in [0.2, 0.25) is 5.82 Å². The van der Waals surface area contributed by atoms with Gasteiger partial charge in [0.05, 0.1) is 37.2 Å². The Kier molecular flexibility index (Phi) is 4.58. The van der Waals surface area contributed by atoms with Crippen molar-refractivity contribution in [3.05, 3.63) is 74.8 Å². The van der Waals surface area contributed by atoms with Crippen molar-refractivity contribution in [2.75, 3.05) is 20.1 Å². The van der Waals surface area contributed by atoms with E-state index in [0.717, 1.165) is 12.1 Å². The Morgan fingerprint density at radius 3 is 2.61 bits per heavy atom. The summed E-state index contributed by atoms with van der Waals surface area (Å²) in [4.78, 5) is 23.2. The normalized spacial score (nSPS) is 19.4. The lowest BCUT2D eigenvalue weighted by molar-refractivity contribution is -0.0197. The first-order valence-corrected chi connectivity index (χ1v) is 10.6. The molecule has 0 spiro atoms. The second-order valence-electron chi connectivity index (χ2n) is 7.66. The molecule has 11 heteroatoms. The van der Waals surface area contributed by atoms with Gasteiger partial charge in [0.1, 0.15) is 17.7 Å². The highest BCUT2D eigenvalue weighted by atomic mass is 35.5. The molecule has 7 nitrogen and oxygen atoms in total. The minimum absolute atomic E-state index is 0.00592. The van der Waals surface area contributed by atoms with E-state index in [0.29, 0.717) is 0 Å². The van der Waals surface area contributed by atoms with E-state index in [1.807, 2.05) is 0 Å². The number of fused-ring (bicyclic) bond motifs is 3. The highest BCUT2D eigenvalue weighted by Crippen LogP contribution is 2.38. The van der Waals surface area contributed by atoms with Crippen LogP contribution in [0.2, 0.25) is 10.0 Å². The molecular formula is C22H17Cl2F2N5O2. The summed E-state index contributed by atoms with van der Waals surface area (Å²) in [6, 6.07) is 5.72. The number of carbonyl (C=O) groups is 1. The van der Waals surface area contributed by atoms with Crippen LogP contribution in [0.15, 0.2) is 35.3 Å². The van der Waals surface area contributed by atoms with E-state index in [2.05, 4.69) is 15.1 Å². The smallest absolute Gasteiger partial charge is 0.293 e. The lowest BCUT2D eigenvalue weighted by atomic mass is 9.99. The summed E-state index contributed by atoms with van der Waals surface area (Å²) in [5.74, 6) is -2.12. The van der Waals surface area contributed by atoms with Crippen LogP contribution >= 0.6 is 23.2 Å². The summed E-state index contributed by atoms with van der Waals surface area (Å²) in [7, 11) is -2.56. The number of carbonyl (C=O) groups excluding carboxylic acids is 1. The zero-order valence-corrected chi connectivity index (χ0v) is 18.5. The molecule has 0 aliphatic carbocycles. The van der Waals surface area contributed by atoms with E-state index in [1.54, 1.807) is 13.0 Å². The molecule has 2 aromatic carbocycles. The van der Waals surface area contributed by atoms with E-state index in [9.17, 15) is 13.6 Å². The van der Waals surface area contributed by atoms with Gasteiger partial charge in [-0.05, 0) is 31.2 Å². The van der Waals surface area contributed by atoms with Gasteiger partial charge >= 0.3 is 0 Å². The third-order valence-corrected chi connectivity index (χ3v) is 6.36. The molecule has 33 heavy (non-hydrogen) atoms. The molecule has 1 amide bonds. The number of benzene rings is 2. The maximum Gasteiger partial charge on any atom is 0.293 e. The first-order chi connectivity index (χ1) is 16.9. The van der Waals surface area contributed by atoms with Crippen molar-refractivity contribution in [3.8, 4) is 5.69 Å². The van der Waals surface area contributed by atoms with Gasteiger partial charge in [-0.3, -0.25) is 9.79 Å². The molecule has 1 atom stereocenters. The monoisotopic (exact) mass is 494 g/mol. The SMILES string of the molecule is [2H]C([2H])([2H])OC1CN(C(=O)c2nc3n(n2)-c2ccc(Cl)c(Cl)c2C(c2c(F)cccc2F)=N[C@H]3C)C1. The number of aliphatic imine (C=N–C) groups is 1. The minimum Gasteiger partial charge on any atom is -0.378 e. The Morgan fingerprint density at radius 2 is 1.91 bits per heavy atom. The number of methoxy groups -OCH3 is 1. The van der Waals surface area contributed by atoms with Gasteiger partial charge in [-0.15, -0.1) is 5.10 Å². The predicted octanol–water partition coefficient (Wildman–Crippen LogP) is 4.24. The van der Waals surface area contributed by atoms with Crippen LogP contribution in [0.4, 0.5) is 8.78 Å². The van der Waals surface area contributed by atoms with E-state index >= 15 is 0 Å². The second-order valence-corrected chi connectivity index (χ2v) is 8.45. The molecule has 0 saturated carbocycles. The Hall–Kier alpha value is -2.88. The summed E-state index contributed by atoms with van der Waals surface area (Å²) in [5, 5.41) is 4.49. The highest BCUT2D eigenvalue weighted by Gasteiger charge is 2.36. The molecular weight excluding hydrogens is 475 g/mol. The van der Waals surface area contributed by atoms with Crippen molar-refractivity contribution in [2.45, 2.75) is 19.1 Å². The third kappa shape index (κ3) is 3.51. The summed E-state index contributed by atoms with van der Waals surface area (Å²) in [6.07, 6.45) is -0.620. The molecule has 1 saturated heterocycles. The van der Waals surface area contributed by atoms with Crippen LogP contribution < -0.4 is 0 Å². The van der Waals surface area contributed by atoms with Crippen LogP contribution in [0.3, 0.4) is 0 Å². The lowest BCUT2D eigenvalue weighted by Gasteiger charge is -2.37. The molecule has 0 unspecified atom stereocenters. The molecule has 0 radical (unpaired) electrons. The standard InChI is InChI=1S/C22H17Cl2F2N5O2/c1-10-21-28-20(22(32)30-8-11(9-30)33-2)29-31(21)15-7-6-12(23)18(24)17(15)19(27-10)16-13(25)4-3-5-14(16)26/h3-7,10-11H,8-9H2,1-2H3/t10-/m0/s1/i2D3. The summed E-state index contributed by atoms with van der Waals surface area (Å²) in [6.45, 7) is 1.78. The van der Waals surface area contributed by atoms with Gasteiger partial charge < -0.3 is 9.64 Å². The Morgan fingerprint density at radius 1 is 1.18 bits per heavy atom. The molecule has 3 aromatic rings. The number of hydrogen-bond acceptors (Lipinski definition) is 5. The fraction of sp³-hybridized carbons (Fsp3) is 0.273. The van der Waals surface area contributed by atoms with Gasteiger partial charge in [-0.25, -0.2) is 18.4 Å². The van der Waals surface area contributed by atoms with E-state index in [1.165, 1.54) is 21.7 Å². The van der Waals surface area contributed by atoms with Crippen molar-refractivity contribution in [3.63, 3.8) is 0 Å². The van der Waals surface area contributed by atoms with Gasteiger partial charge in [0.25, 0.3) is 5.91 Å². The highest BCUT2D eigenvalue weighted by molar-refractivity contribution is 6.45. The minimum atomic E-state index is -2.56. The van der Waals surface area contributed by atoms with Gasteiger partial charge in [0, 0.05) is 25.7 Å². The van der Waals surface area contributed by atoms with Crippen molar-refractivity contribution < 1.29 is 22.4 Å². The average molecular weight is 495 g/mol. The summed E-state index contributed by atoms with van der Waals surface area (Å²) in [5.41, 5.74) is -0.0208. The molecule has 1 fully saturated rings. The molecule has 0 bridgehead atoms. The first-order valence-electron chi connectivity index (χ1n) is 11.4. The van der Waals surface area contributed by atoms with Crippen LogP contribution in [0.25, 0.3) is 5.69 Å². The van der Waals surface area contributed by atoms with Crippen molar-refractivity contribution >= 4 is 34.8 Å². The largest absolute Gasteiger partial charge is 0.378 e. The quantitative estimate of drug-likeness (QED) is 0.545. The number of halogens is 4. The fourth-order valence-electron chi connectivity index (χ4n) is 3.85. The number of rotatable bonds is 3. The number of ether oxygens (including phenoxy) is 1. The van der Waals surface area contributed by atoms with Crippen molar-refractivity contribution in [1.82, 2.24) is 19.7 Å². The zero-order valence-electron chi connectivity index (χ0n) is 20.0. The molecule has 3 heterocycles. The summed E-state index contributed by atoms with van der Waals surface area (Å²) >= 11 is 12.8. The van der Waals surface area contributed by atoms with Crippen LogP contribution in [-0.4, -0.2) is 57.5 Å². The number of aromatic nitrogens is 3. The first kappa shape index (κ1) is 18.5. The fourth-order valence-corrected chi connectivity index (χ4v) is 4.26. The zero-order chi connectivity index (χ0) is 25.9. The predicted molar refractivity (Wildman–Crippen MR) is 118 cm³/mol. The topological polar surface area (TPSA) is 72.6 Å². The Balaban J connectivity index is 1.57. The van der Waals surface area contributed by atoms with Gasteiger partial charge in [0.15, 0.2) is 5.82 Å². The van der Waals surface area contributed by atoms with Gasteiger partial charge in [-0.1, -0.05) is 29.3 Å². The number of amides is 1. The maximum atomic E-state index is 14.8. The maximum absolute atomic E-state index is 14.8. The Bertz CT molecular complexity index is 1400. The molecule has 0 N–H and O–H groups in total. The Labute approximate surface area is 201 Å². The third-order valence-electron chi connectivity index (χ3n) is 5.56. The van der Waals surface area contributed by atoms with Crippen LogP contribution in [0, 0.1) is 11.6 Å². The molecule has 1 aromatic heterocycles. The van der Waals surface area contributed by atoms with Gasteiger partial charge in [-0.2, -0.15) is 0 Å². The molecule has 2 aliphatic heterocycles. The van der Waals surface area contributed by atoms with Crippen LogP contribution in [0.1, 0.15) is 44.6 Å². The van der Waals surface area contributed by atoms with E-state index in [4.69, 9.17) is 32.1 Å². The second kappa shape index (κ2) is 8.16. The molecule has 170 valence electrons. The van der Waals surface area contributed by atoms with Crippen LogP contribution in [0.5, 0.6) is 0 Å². The number of nitrogens with zero attached hydrogens (tertiary/aromatic N) is 5. The molecule has 2 aliphatic rings. The number of hydrogen-bond donors (Lipinski definition) is 0. The molecule has 5 rings (SSSR count). The summed E-state index contributed by atoms with van der Waals surface area (Å²) < 4.78 is 57.3. The average Bonchev–Trinajstić information content (AvgIpc) is 3.17. The van der Waals surface area contributed by atoms with Crippen molar-refractivity contribution in [2.24, 2.45) is 4.99 Å². The van der Waals surface area contributed by atoms with E-state index < -0.39 is 36.7 Å².